The van der Waals surface area contributed by atoms with Gasteiger partial charge in [0.25, 0.3) is 0 Å². The number of nitrogens with zero attached hydrogens (tertiary/aromatic N) is 3. The molecule has 1 aromatic rings. The Morgan fingerprint density at radius 1 is 1.59 bits per heavy atom. The third kappa shape index (κ3) is 2.93. The van der Waals surface area contributed by atoms with Gasteiger partial charge < -0.3 is 10.0 Å². The molecule has 0 amide bonds. The second kappa shape index (κ2) is 5.12. The summed E-state index contributed by atoms with van der Waals surface area (Å²) in [5.74, 6) is 0.269. The molecule has 1 saturated carbocycles. The summed E-state index contributed by atoms with van der Waals surface area (Å²) >= 11 is 0. The van der Waals surface area contributed by atoms with Crippen molar-refractivity contribution in [3.63, 3.8) is 0 Å². The van der Waals surface area contributed by atoms with Gasteiger partial charge in [0.2, 0.25) is 0 Å². The Morgan fingerprint density at radius 2 is 2.35 bits per heavy atom. The SMILES string of the molecule is CCCN(CC1CC1)c1nnccc1C(=O)O. The summed E-state index contributed by atoms with van der Waals surface area (Å²) in [5, 5.41) is 16.9. The number of carboxylic acid groups (broad SMARTS) is 1. The van der Waals surface area contributed by atoms with Crippen LogP contribution in [-0.2, 0) is 0 Å². The van der Waals surface area contributed by atoms with Crippen LogP contribution in [0.25, 0.3) is 0 Å². The fraction of sp³-hybridized carbons (Fsp3) is 0.583. The van der Waals surface area contributed by atoms with Crippen LogP contribution in [0, 0.1) is 5.92 Å². The predicted octanol–water partition coefficient (Wildman–Crippen LogP) is 1.80. The summed E-state index contributed by atoms with van der Waals surface area (Å²) < 4.78 is 0. The molecule has 17 heavy (non-hydrogen) atoms. The molecule has 0 aromatic carbocycles. The number of aromatic carboxylic acids is 1. The highest BCUT2D eigenvalue weighted by Gasteiger charge is 2.26. The number of hydrogen-bond acceptors (Lipinski definition) is 4. The van der Waals surface area contributed by atoms with Gasteiger partial charge in [-0.15, -0.1) is 5.10 Å². The van der Waals surface area contributed by atoms with Crippen molar-refractivity contribution in [1.29, 1.82) is 0 Å². The fourth-order valence-corrected chi connectivity index (χ4v) is 1.89. The van der Waals surface area contributed by atoms with Gasteiger partial charge in [0.15, 0.2) is 5.82 Å². The summed E-state index contributed by atoms with van der Waals surface area (Å²) in [6, 6.07) is 1.51. The maximum Gasteiger partial charge on any atom is 0.339 e. The zero-order valence-corrected chi connectivity index (χ0v) is 9.96. The average molecular weight is 235 g/mol. The Bertz CT molecular complexity index is 404. The topological polar surface area (TPSA) is 66.3 Å². The van der Waals surface area contributed by atoms with Crippen molar-refractivity contribution in [2.75, 3.05) is 18.0 Å². The lowest BCUT2D eigenvalue weighted by atomic mass is 10.2. The molecule has 1 aliphatic rings. The summed E-state index contributed by atoms with van der Waals surface area (Å²) in [5.41, 5.74) is 0.245. The van der Waals surface area contributed by atoms with Crippen LogP contribution in [0.1, 0.15) is 36.5 Å². The Morgan fingerprint density at radius 3 is 2.94 bits per heavy atom. The molecule has 5 nitrogen and oxygen atoms in total. The standard InChI is InChI=1S/C12H17N3O2/c1-2-7-15(8-9-3-4-9)11-10(12(16)17)5-6-13-14-11/h5-6,9H,2-4,7-8H2,1H3,(H,16,17). The third-order valence-corrected chi connectivity index (χ3v) is 2.90. The van der Waals surface area contributed by atoms with Crippen molar-refractivity contribution >= 4 is 11.8 Å². The Kier molecular flexibility index (Phi) is 3.56. The molecule has 1 fully saturated rings. The van der Waals surface area contributed by atoms with E-state index in [1.54, 1.807) is 0 Å². The number of rotatable bonds is 6. The summed E-state index contributed by atoms with van der Waals surface area (Å²) in [6.45, 7) is 3.80. The summed E-state index contributed by atoms with van der Waals surface area (Å²) in [7, 11) is 0. The Labute approximate surface area is 100 Å². The minimum absolute atomic E-state index is 0.245. The monoisotopic (exact) mass is 235 g/mol. The van der Waals surface area contributed by atoms with E-state index in [0.29, 0.717) is 11.7 Å². The van der Waals surface area contributed by atoms with Crippen molar-refractivity contribution in [3.05, 3.63) is 17.8 Å². The van der Waals surface area contributed by atoms with Crippen molar-refractivity contribution in [3.8, 4) is 0 Å². The van der Waals surface area contributed by atoms with Gasteiger partial charge in [-0.3, -0.25) is 0 Å². The van der Waals surface area contributed by atoms with Gasteiger partial charge in [-0.05, 0) is 31.2 Å². The molecule has 1 aromatic heterocycles. The Hall–Kier alpha value is -1.65. The molecule has 0 spiro atoms. The highest BCUT2D eigenvalue weighted by molar-refractivity contribution is 5.93. The molecule has 92 valence electrons. The van der Waals surface area contributed by atoms with Gasteiger partial charge >= 0.3 is 5.97 Å². The van der Waals surface area contributed by atoms with E-state index in [9.17, 15) is 4.79 Å². The molecular weight excluding hydrogens is 218 g/mol. The first-order valence-corrected chi connectivity index (χ1v) is 6.02. The van der Waals surface area contributed by atoms with E-state index in [1.165, 1.54) is 25.1 Å². The normalized spacial score (nSPS) is 14.6. The molecule has 1 aliphatic carbocycles. The smallest absolute Gasteiger partial charge is 0.339 e. The molecule has 5 heteroatoms. The summed E-state index contributed by atoms with van der Waals surface area (Å²) in [6.07, 6.45) is 4.88. The number of hydrogen-bond donors (Lipinski definition) is 1. The number of aromatic nitrogens is 2. The van der Waals surface area contributed by atoms with Crippen LogP contribution >= 0.6 is 0 Å². The first kappa shape index (κ1) is 11.8. The van der Waals surface area contributed by atoms with Crippen LogP contribution in [0.5, 0.6) is 0 Å². The van der Waals surface area contributed by atoms with Crippen molar-refractivity contribution in [1.82, 2.24) is 10.2 Å². The maximum atomic E-state index is 11.1. The molecule has 0 aliphatic heterocycles. The fourth-order valence-electron chi connectivity index (χ4n) is 1.89. The van der Waals surface area contributed by atoms with Crippen molar-refractivity contribution < 1.29 is 9.90 Å². The number of carboxylic acids is 1. The average Bonchev–Trinajstić information content (AvgIpc) is 3.12. The van der Waals surface area contributed by atoms with Gasteiger partial charge in [0, 0.05) is 13.1 Å². The lowest BCUT2D eigenvalue weighted by molar-refractivity contribution is 0.0697. The highest BCUT2D eigenvalue weighted by atomic mass is 16.4. The Balaban J connectivity index is 2.23. The molecule has 0 atom stereocenters. The molecule has 1 N–H and O–H groups in total. The maximum absolute atomic E-state index is 11.1. The van der Waals surface area contributed by atoms with Crippen LogP contribution in [0.2, 0.25) is 0 Å². The third-order valence-electron chi connectivity index (χ3n) is 2.90. The zero-order valence-electron chi connectivity index (χ0n) is 9.96. The van der Waals surface area contributed by atoms with Crippen LogP contribution in [0.15, 0.2) is 12.3 Å². The van der Waals surface area contributed by atoms with Gasteiger partial charge in [-0.1, -0.05) is 6.92 Å². The van der Waals surface area contributed by atoms with E-state index in [0.717, 1.165) is 19.5 Å². The van der Waals surface area contributed by atoms with Gasteiger partial charge in [-0.25, -0.2) is 4.79 Å². The number of carbonyl (C=O) groups is 1. The zero-order chi connectivity index (χ0) is 12.3. The lowest BCUT2D eigenvalue weighted by Crippen LogP contribution is -2.29. The first-order valence-electron chi connectivity index (χ1n) is 6.02. The molecule has 0 unspecified atom stereocenters. The lowest BCUT2D eigenvalue weighted by Gasteiger charge is -2.23. The highest BCUT2D eigenvalue weighted by Crippen LogP contribution is 2.31. The van der Waals surface area contributed by atoms with Crippen LogP contribution in [-0.4, -0.2) is 34.4 Å². The van der Waals surface area contributed by atoms with E-state index in [1.807, 2.05) is 4.90 Å². The molecule has 0 saturated heterocycles. The van der Waals surface area contributed by atoms with Crippen molar-refractivity contribution in [2.24, 2.45) is 5.92 Å². The van der Waals surface area contributed by atoms with Gasteiger partial charge in [0.1, 0.15) is 5.56 Å². The van der Waals surface area contributed by atoms with Gasteiger partial charge in [-0.2, -0.15) is 5.10 Å². The first-order chi connectivity index (χ1) is 8.22. The van der Waals surface area contributed by atoms with E-state index in [2.05, 4.69) is 17.1 Å². The minimum atomic E-state index is -0.938. The predicted molar refractivity (Wildman–Crippen MR) is 64.2 cm³/mol. The number of anilines is 1. The van der Waals surface area contributed by atoms with Crippen LogP contribution in [0.4, 0.5) is 5.82 Å². The largest absolute Gasteiger partial charge is 0.478 e. The van der Waals surface area contributed by atoms with Crippen LogP contribution < -0.4 is 4.90 Å². The van der Waals surface area contributed by atoms with E-state index < -0.39 is 5.97 Å². The molecule has 2 rings (SSSR count). The molecule has 0 radical (unpaired) electrons. The quantitative estimate of drug-likeness (QED) is 0.814. The molecule has 1 heterocycles. The summed E-state index contributed by atoms with van der Waals surface area (Å²) in [4.78, 5) is 13.2. The molecular formula is C12H17N3O2. The van der Waals surface area contributed by atoms with Gasteiger partial charge in [0.05, 0.1) is 6.20 Å². The van der Waals surface area contributed by atoms with Crippen LogP contribution in [0.3, 0.4) is 0 Å². The van der Waals surface area contributed by atoms with E-state index >= 15 is 0 Å². The van der Waals surface area contributed by atoms with E-state index in [4.69, 9.17) is 5.11 Å². The second-order valence-corrected chi connectivity index (χ2v) is 4.46. The second-order valence-electron chi connectivity index (χ2n) is 4.46. The van der Waals surface area contributed by atoms with Crippen molar-refractivity contribution in [2.45, 2.75) is 26.2 Å². The minimum Gasteiger partial charge on any atom is -0.478 e. The van der Waals surface area contributed by atoms with E-state index in [-0.39, 0.29) is 5.56 Å². The molecule has 0 bridgehead atoms.